The van der Waals surface area contributed by atoms with Crippen molar-refractivity contribution in [3.63, 3.8) is 0 Å². The third-order valence-electron chi connectivity index (χ3n) is 1.65. The molecule has 0 amide bonds. The molecule has 0 saturated heterocycles. The van der Waals surface area contributed by atoms with Crippen LogP contribution in [0.2, 0.25) is 0 Å². The molecule has 4 heteroatoms. The van der Waals surface area contributed by atoms with E-state index < -0.39 is 11.9 Å². The van der Waals surface area contributed by atoms with Crippen LogP contribution in [0.5, 0.6) is 0 Å². The zero-order valence-electron chi connectivity index (χ0n) is 8.55. The molecule has 0 saturated carbocycles. The number of carbonyl (C=O) groups excluding carboxylic acids is 1. The molecular weight excluding hydrogens is 172 g/mol. The Bertz CT molecular complexity index is 186. The monoisotopic (exact) mass is 188 g/mol. The van der Waals surface area contributed by atoms with Gasteiger partial charge >= 0.3 is 11.9 Å². The number of ether oxygens (including phenoxy) is 3. The van der Waals surface area contributed by atoms with Gasteiger partial charge in [0, 0.05) is 26.2 Å². The Labute approximate surface area is 78.5 Å². The highest BCUT2D eigenvalue weighted by Gasteiger charge is 2.32. The minimum Gasteiger partial charge on any atom is -0.404 e. The van der Waals surface area contributed by atoms with E-state index >= 15 is 0 Å². The molecule has 0 fully saturated rings. The molecule has 0 unspecified atom stereocenters. The first-order valence-corrected chi connectivity index (χ1v) is 4.00. The number of carbonyl (C=O) groups is 1. The van der Waals surface area contributed by atoms with Gasteiger partial charge in [-0.25, -0.2) is 4.79 Å². The summed E-state index contributed by atoms with van der Waals surface area (Å²) in [7, 11) is 2.83. The lowest BCUT2D eigenvalue weighted by Gasteiger charge is -2.28. The molecule has 0 bridgehead atoms. The largest absolute Gasteiger partial charge is 0.404 e. The molecular formula is C9H16O4. The molecule has 13 heavy (non-hydrogen) atoms. The zero-order valence-corrected chi connectivity index (χ0v) is 8.55. The second kappa shape index (κ2) is 4.99. The molecule has 0 heterocycles. The summed E-state index contributed by atoms with van der Waals surface area (Å²) in [6.45, 7) is 6.81. The standard InChI is InChI=1S/C9H16O4/c1-6-9(11-4,12-5)13-8(10)7(2)3/h2,6H2,1,3-5H3. The van der Waals surface area contributed by atoms with Crippen LogP contribution in [0.4, 0.5) is 0 Å². The average Bonchev–Trinajstić information content (AvgIpc) is 2.14. The molecule has 0 rings (SSSR count). The van der Waals surface area contributed by atoms with E-state index in [-0.39, 0.29) is 0 Å². The maximum absolute atomic E-state index is 11.2. The van der Waals surface area contributed by atoms with E-state index in [2.05, 4.69) is 6.58 Å². The number of hydrogen-bond donors (Lipinski definition) is 0. The van der Waals surface area contributed by atoms with Gasteiger partial charge in [0.2, 0.25) is 0 Å². The maximum Gasteiger partial charge on any atom is 0.337 e. The Morgan fingerprint density at radius 3 is 2.08 bits per heavy atom. The first-order chi connectivity index (χ1) is 6.01. The van der Waals surface area contributed by atoms with E-state index in [1.165, 1.54) is 14.2 Å². The SMILES string of the molecule is C=C(C)C(=O)OC(CC)(OC)OC. The maximum atomic E-state index is 11.2. The van der Waals surface area contributed by atoms with Gasteiger partial charge in [-0.05, 0) is 6.92 Å². The topological polar surface area (TPSA) is 44.8 Å². The van der Waals surface area contributed by atoms with Crippen molar-refractivity contribution in [2.75, 3.05) is 14.2 Å². The van der Waals surface area contributed by atoms with Crippen LogP contribution in [0.25, 0.3) is 0 Å². The van der Waals surface area contributed by atoms with Crippen LogP contribution in [0.15, 0.2) is 12.2 Å². The van der Waals surface area contributed by atoms with Gasteiger partial charge in [0.25, 0.3) is 0 Å². The minimum atomic E-state index is -1.28. The van der Waals surface area contributed by atoms with E-state index in [1.807, 2.05) is 0 Å². The van der Waals surface area contributed by atoms with Crippen molar-refractivity contribution < 1.29 is 19.0 Å². The van der Waals surface area contributed by atoms with Crippen LogP contribution >= 0.6 is 0 Å². The fourth-order valence-electron chi connectivity index (χ4n) is 0.756. The van der Waals surface area contributed by atoms with Crippen molar-refractivity contribution in [1.29, 1.82) is 0 Å². The van der Waals surface area contributed by atoms with Gasteiger partial charge in [-0.15, -0.1) is 0 Å². The first-order valence-electron chi connectivity index (χ1n) is 4.00. The van der Waals surface area contributed by atoms with E-state index in [0.717, 1.165) is 0 Å². The van der Waals surface area contributed by atoms with E-state index in [1.54, 1.807) is 13.8 Å². The molecule has 0 aliphatic carbocycles. The smallest absolute Gasteiger partial charge is 0.337 e. The molecule has 4 nitrogen and oxygen atoms in total. The van der Waals surface area contributed by atoms with Crippen LogP contribution in [0.3, 0.4) is 0 Å². The molecule has 0 N–H and O–H groups in total. The van der Waals surface area contributed by atoms with Gasteiger partial charge in [-0.2, -0.15) is 0 Å². The summed E-state index contributed by atoms with van der Waals surface area (Å²) >= 11 is 0. The van der Waals surface area contributed by atoms with Crippen molar-refractivity contribution in [3.05, 3.63) is 12.2 Å². The quantitative estimate of drug-likeness (QED) is 0.372. The molecule has 0 radical (unpaired) electrons. The average molecular weight is 188 g/mol. The molecule has 0 aromatic heterocycles. The summed E-state index contributed by atoms with van der Waals surface area (Å²) in [5.41, 5.74) is 0.312. The molecule has 0 aliphatic rings. The van der Waals surface area contributed by atoms with Crippen molar-refractivity contribution >= 4 is 5.97 Å². The normalized spacial score (nSPS) is 11.1. The highest BCUT2D eigenvalue weighted by atomic mass is 16.9. The Morgan fingerprint density at radius 2 is 1.85 bits per heavy atom. The van der Waals surface area contributed by atoms with E-state index in [0.29, 0.717) is 12.0 Å². The van der Waals surface area contributed by atoms with Gasteiger partial charge in [0.05, 0.1) is 0 Å². The van der Waals surface area contributed by atoms with Gasteiger partial charge < -0.3 is 14.2 Å². The number of rotatable bonds is 5. The van der Waals surface area contributed by atoms with Crippen molar-refractivity contribution in [2.24, 2.45) is 0 Å². The number of esters is 1. The Kier molecular flexibility index (Phi) is 4.66. The minimum absolute atomic E-state index is 0.312. The summed E-state index contributed by atoms with van der Waals surface area (Å²) < 4.78 is 14.9. The molecule has 0 aromatic carbocycles. The lowest BCUT2D eigenvalue weighted by Crippen LogP contribution is -2.38. The summed E-state index contributed by atoms with van der Waals surface area (Å²) in [5.74, 6) is -1.80. The van der Waals surface area contributed by atoms with Gasteiger partial charge in [-0.3, -0.25) is 0 Å². The van der Waals surface area contributed by atoms with Crippen molar-refractivity contribution in [3.8, 4) is 0 Å². The van der Waals surface area contributed by atoms with Crippen LogP contribution < -0.4 is 0 Å². The molecule has 0 spiro atoms. The molecule has 0 atom stereocenters. The Morgan fingerprint density at radius 1 is 1.38 bits per heavy atom. The Hall–Kier alpha value is -0.870. The Balaban J connectivity index is 4.42. The molecule has 76 valence electrons. The van der Waals surface area contributed by atoms with Crippen LogP contribution in [0.1, 0.15) is 20.3 Å². The predicted molar refractivity (Wildman–Crippen MR) is 47.9 cm³/mol. The third-order valence-corrected chi connectivity index (χ3v) is 1.65. The van der Waals surface area contributed by atoms with Crippen LogP contribution in [-0.2, 0) is 19.0 Å². The van der Waals surface area contributed by atoms with E-state index in [4.69, 9.17) is 14.2 Å². The summed E-state index contributed by atoms with van der Waals surface area (Å²) in [5, 5.41) is 0. The predicted octanol–water partition coefficient (Wildman–Crippen LogP) is 1.46. The third kappa shape index (κ3) is 3.16. The summed E-state index contributed by atoms with van der Waals surface area (Å²) in [6.07, 6.45) is 0.416. The highest BCUT2D eigenvalue weighted by Crippen LogP contribution is 2.18. The van der Waals surface area contributed by atoms with Gasteiger partial charge in [0.15, 0.2) is 0 Å². The van der Waals surface area contributed by atoms with Crippen LogP contribution in [-0.4, -0.2) is 26.2 Å². The first kappa shape index (κ1) is 12.1. The second-order valence-electron chi connectivity index (χ2n) is 2.61. The highest BCUT2D eigenvalue weighted by molar-refractivity contribution is 5.87. The fourth-order valence-corrected chi connectivity index (χ4v) is 0.756. The number of methoxy groups -OCH3 is 2. The van der Waals surface area contributed by atoms with Gasteiger partial charge in [0.1, 0.15) is 0 Å². The fraction of sp³-hybridized carbons (Fsp3) is 0.667. The van der Waals surface area contributed by atoms with Crippen LogP contribution in [0, 0.1) is 0 Å². The molecule has 0 aliphatic heterocycles. The second-order valence-corrected chi connectivity index (χ2v) is 2.61. The summed E-state index contributed by atoms with van der Waals surface area (Å²) in [6, 6.07) is 0. The van der Waals surface area contributed by atoms with E-state index in [9.17, 15) is 4.79 Å². The van der Waals surface area contributed by atoms with Crippen molar-refractivity contribution in [1.82, 2.24) is 0 Å². The lowest BCUT2D eigenvalue weighted by molar-refractivity contribution is -0.343. The lowest BCUT2D eigenvalue weighted by atomic mass is 10.3. The summed E-state index contributed by atoms with van der Waals surface area (Å²) in [4.78, 5) is 11.2. The number of hydrogen-bond acceptors (Lipinski definition) is 4. The molecule has 0 aromatic rings. The zero-order chi connectivity index (χ0) is 10.5. The van der Waals surface area contributed by atoms with Crippen molar-refractivity contribution in [2.45, 2.75) is 26.2 Å². The van der Waals surface area contributed by atoms with Gasteiger partial charge in [-0.1, -0.05) is 13.5 Å².